The molecule has 0 spiro atoms. The van der Waals surface area contributed by atoms with Crippen LogP contribution in [-0.4, -0.2) is 51.9 Å². The molecule has 186 valence electrons. The second kappa shape index (κ2) is 10.3. The predicted molar refractivity (Wildman–Crippen MR) is 136 cm³/mol. The quantitative estimate of drug-likeness (QED) is 0.563. The molecule has 0 aromatic heterocycles. The number of benzene rings is 2. The van der Waals surface area contributed by atoms with Gasteiger partial charge in [0.15, 0.2) is 11.5 Å². The summed E-state index contributed by atoms with van der Waals surface area (Å²) in [5.74, 6) is 1.68. The Hall–Kier alpha value is -2.09. The normalized spacial score (nSPS) is 24.9. The summed E-state index contributed by atoms with van der Waals surface area (Å²) in [7, 11) is -1.65. The summed E-state index contributed by atoms with van der Waals surface area (Å²) in [5.41, 5.74) is 2.13. The first-order valence-corrected chi connectivity index (χ1v) is 14.2. The molecule has 0 bridgehead atoms. The number of nitrogens with zero attached hydrogens (tertiary/aromatic N) is 1. The van der Waals surface area contributed by atoms with Gasteiger partial charge in [-0.3, -0.25) is 4.90 Å². The number of nitrogens with one attached hydrogen (secondary N) is 1. The first-order chi connectivity index (χ1) is 16.2. The van der Waals surface area contributed by atoms with Gasteiger partial charge in [0.25, 0.3) is 0 Å². The van der Waals surface area contributed by atoms with Crippen LogP contribution in [0, 0.1) is 5.41 Å². The van der Waals surface area contributed by atoms with Gasteiger partial charge in [0, 0.05) is 37.0 Å². The van der Waals surface area contributed by atoms with Crippen molar-refractivity contribution in [3.05, 3.63) is 59.7 Å². The molecule has 1 aliphatic heterocycles. The molecule has 1 heterocycles. The third kappa shape index (κ3) is 5.75. The van der Waals surface area contributed by atoms with E-state index in [-0.39, 0.29) is 23.5 Å². The topological polar surface area (TPSA) is 67.9 Å². The van der Waals surface area contributed by atoms with Gasteiger partial charge in [-0.2, -0.15) is 0 Å². The lowest BCUT2D eigenvalue weighted by Crippen LogP contribution is -2.47. The van der Waals surface area contributed by atoms with Crippen LogP contribution in [0.3, 0.4) is 0 Å². The minimum Gasteiger partial charge on any atom is -0.493 e. The predicted octanol–water partition coefficient (Wildman–Crippen LogP) is 4.56. The van der Waals surface area contributed by atoms with Gasteiger partial charge in [0.2, 0.25) is 10.0 Å². The maximum atomic E-state index is 12.1. The lowest BCUT2D eigenvalue weighted by Gasteiger charge is -2.37. The zero-order valence-corrected chi connectivity index (χ0v) is 21.6. The van der Waals surface area contributed by atoms with Crippen LogP contribution < -0.4 is 14.2 Å². The average molecular weight is 487 g/mol. The number of rotatable bonds is 9. The summed E-state index contributed by atoms with van der Waals surface area (Å²) in [5, 5.41) is 0. The molecule has 3 atom stereocenters. The van der Waals surface area contributed by atoms with Crippen LogP contribution in [0.15, 0.2) is 48.5 Å². The maximum absolute atomic E-state index is 12.1. The molecule has 34 heavy (non-hydrogen) atoms. The number of ether oxygens (including phenoxy) is 2. The molecule has 1 aliphatic carbocycles. The van der Waals surface area contributed by atoms with Gasteiger partial charge in [0.05, 0.1) is 19.5 Å². The van der Waals surface area contributed by atoms with Crippen LogP contribution in [0.25, 0.3) is 0 Å². The minimum atomic E-state index is -3.33. The van der Waals surface area contributed by atoms with Crippen molar-refractivity contribution in [2.75, 3.05) is 26.5 Å². The summed E-state index contributed by atoms with van der Waals surface area (Å²) in [6, 6.07) is 16.4. The van der Waals surface area contributed by atoms with E-state index < -0.39 is 10.0 Å². The highest BCUT2D eigenvalue weighted by atomic mass is 32.2. The SMILES string of the molecule is COc1ccc(C2CN(Cc3ccccc3)CC2(C)C(C)NS(C)(=O)=O)cc1OC1CCCC1. The van der Waals surface area contributed by atoms with E-state index in [1.165, 1.54) is 24.7 Å². The van der Waals surface area contributed by atoms with Crippen molar-refractivity contribution in [1.82, 2.24) is 9.62 Å². The molecule has 1 saturated carbocycles. The molecule has 0 amide bonds. The number of hydrogen-bond acceptors (Lipinski definition) is 5. The van der Waals surface area contributed by atoms with Crippen molar-refractivity contribution in [1.29, 1.82) is 0 Å². The fourth-order valence-electron chi connectivity index (χ4n) is 5.65. The summed E-state index contributed by atoms with van der Waals surface area (Å²) >= 11 is 0. The van der Waals surface area contributed by atoms with Crippen LogP contribution in [0.1, 0.15) is 56.6 Å². The van der Waals surface area contributed by atoms with Crippen LogP contribution in [0.5, 0.6) is 11.5 Å². The Bertz CT molecular complexity index is 1070. The van der Waals surface area contributed by atoms with Gasteiger partial charge >= 0.3 is 0 Å². The average Bonchev–Trinajstić information content (AvgIpc) is 3.41. The molecular formula is C27H38N2O4S. The lowest BCUT2D eigenvalue weighted by atomic mass is 9.71. The van der Waals surface area contributed by atoms with E-state index in [9.17, 15) is 8.42 Å². The van der Waals surface area contributed by atoms with E-state index in [0.717, 1.165) is 49.5 Å². The van der Waals surface area contributed by atoms with Crippen molar-refractivity contribution in [3.63, 3.8) is 0 Å². The number of methoxy groups -OCH3 is 1. The zero-order chi connectivity index (χ0) is 24.3. The Labute approximate surface area is 204 Å². The van der Waals surface area contributed by atoms with Crippen LogP contribution in [-0.2, 0) is 16.6 Å². The Balaban J connectivity index is 1.65. The van der Waals surface area contributed by atoms with Gasteiger partial charge in [-0.15, -0.1) is 0 Å². The minimum absolute atomic E-state index is 0.136. The zero-order valence-electron chi connectivity index (χ0n) is 20.8. The Morgan fingerprint density at radius 2 is 1.82 bits per heavy atom. The number of likely N-dealkylation sites (tertiary alicyclic amines) is 1. The molecule has 2 aromatic carbocycles. The fourth-order valence-corrected chi connectivity index (χ4v) is 6.57. The lowest BCUT2D eigenvalue weighted by molar-refractivity contribution is 0.199. The van der Waals surface area contributed by atoms with Crippen LogP contribution in [0.4, 0.5) is 0 Å². The van der Waals surface area contributed by atoms with Crippen molar-refractivity contribution in [3.8, 4) is 11.5 Å². The molecule has 6 nitrogen and oxygen atoms in total. The molecule has 3 unspecified atom stereocenters. The highest BCUT2D eigenvalue weighted by Gasteiger charge is 2.48. The Morgan fingerprint density at radius 1 is 1.12 bits per heavy atom. The Kier molecular flexibility index (Phi) is 7.55. The molecule has 4 rings (SSSR count). The monoisotopic (exact) mass is 486 g/mol. The van der Waals surface area contributed by atoms with E-state index in [1.54, 1.807) is 7.11 Å². The summed E-state index contributed by atoms with van der Waals surface area (Å²) in [6.07, 6.45) is 6.04. The molecule has 7 heteroatoms. The summed E-state index contributed by atoms with van der Waals surface area (Å²) in [6.45, 7) is 6.66. The van der Waals surface area contributed by atoms with Crippen molar-refractivity contribution in [2.45, 2.75) is 64.1 Å². The largest absolute Gasteiger partial charge is 0.493 e. The van der Waals surface area contributed by atoms with Crippen LogP contribution >= 0.6 is 0 Å². The highest BCUT2D eigenvalue weighted by molar-refractivity contribution is 7.88. The third-order valence-electron chi connectivity index (χ3n) is 7.62. The van der Waals surface area contributed by atoms with Gasteiger partial charge in [-0.25, -0.2) is 13.1 Å². The maximum Gasteiger partial charge on any atom is 0.208 e. The van der Waals surface area contributed by atoms with Crippen molar-refractivity contribution in [2.24, 2.45) is 5.41 Å². The third-order valence-corrected chi connectivity index (χ3v) is 8.40. The molecule has 2 fully saturated rings. The van der Waals surface area contributed by atoms with Crippen LogP contribution in [0.2, 0.25) is 0 Å². The standard InChI is InChI=1S/C27H38N2O4S/c1-20(28-34(4,30)31)27(2)19-29(17-21-10-6-5-7-11-21)18-24(27)22-14-15-25(32-3)26(16-22)33-23-12-8-9-13-23/h5-7,10-11,14-16,20,23-24,28H,8-9,12-13,17-19H2,1-4H3. The summed E-state index contributed by atoms with van der Waals surface area (Å²) < 4.78 is 39.1. The molecule has 1 saturated heterocycles. The molecule has 1 N–H and O–H groups in total. The van der Waals surface area contributed by atoms with Gasteiger partial charge < -0.3 is 9.47 Å². The van der Waals surface area contributed by atoms with E-state index in [0.29, 0.717) is 0 Å². The second-order valence-corrected chi connectivity index (χ2v) is 12.0. The van der Waals surface area contributed by atoms with Gasteiger partial charge in [-0.1, -0.05) is 43.3 Å². The van der Waals surface area contributed by atoms with E-state index >= 15 is 0 Å². The van der Waals surface area contributed by atoms with Gasteiger partial charge in [0.1, 0.15) is 0 Å². The second-order valence-electron chi connectivity index (χ2n) is 10.3. The van der Waals surface area contributed by atoms with Crippen molar-refractivity contribution < 1.29 is 17.9 Å². The molecule has 0 radical (unpaired) electrons. The number of sulfonamides is 1. The summed E-state index contributed by atoms with van der Waals surface area (Å²) in [4.78, 5) is 2.43. The molecule has 2 aromatic rings. The van der Waals surface area contributed by atoms with E-state index in [1.807, 2.05) is 19.1 Å². The first-order valence-electron chi connectivity index (χ1n) is 12.3. The van der Waals surface area contributed by atoms with E-state index in [4.69, 9.17) is 9.47 Å². The fraction of sp³-hybridized carbons (Fsp3) is 0.556. The molecule has 2 aliphatic rings. The number of hydrogen-bond donors (Lipinski definition) is 1. The highest BCUT2D eigenvalue weighted by Crippen LogP contribution is 2.47. The Morgan fingerprint density at radius 3 is 2.47 bits per heavy atom. The van der Waals surface area contributed by atoms with Crippen molar-refractivity contribution >= 4 is 10.0 Å². The smallest absolute Gasteiger partial charge is 0.208 e. The molecular weight excluding hydrogens is 448 g/mol. The van der Waals surface area contributed by atoms with E-state index in [2.05, 4.69) is 52.9 Å². The first kappa shape index (κ1) is 25.0. The van der Waals surface area contributed by atoms with Gasteiger partial charge in [-0.05, 0) is 55.9 Å².